The first-order valence-electron chi connectivity index (χ1n) is 8.61. The van der Waals surface area contributed by atoms with Gasteiger partial charge in [-0.2, -0.15) is 0 Å². The van der Waals surface area contributed by atoms with E-state index in [0.717, 1.165) is 11.3 Å². The number of benzene rings is 1. The summed E-state index contributed by atoms with van der Waals surface area (Å²) in [6.07, 6.45) is 2.46. The number of oxazole rings is 1. The lowest BCUT2D eigenvalue weighted by Crippen LogP contribution is -2.37. The van der Waals surface area contributed by atoms with Crippen LogP contribution < -0.4 is 15.8 Å². The summed E-state index contributed by atoms with van der Waals surface area (Å²) < 4.78 is 28.3. The van der Waals surface area contributed by atoms with E-state index in [-0.39, 0.29) is 34.3 Å². The Morgan fingerprint density at radius 2 is 1.86 bits per heavy atom. The Kier molecular flexibility index (Phi) is 8.89. The van der Waals surface area contributed by atoms with Gasteiger partial charge in [-0.3, -0.25) is 4.99 Å². The Morgan fingerprint density at radius 3 is 2.36 bits per heavy atom. The predicted molar refractivity (Wildman–Crippen MR) is 120 cm³/mol. The lowest BCUT2D eigenvalue weighted by atomic mass is 9.94. The summed E-state index contributed by atoms with van der Waals surface area (Å²) in [6, 6.07) is 6.51. The maximum absolute atomic E-state index is 11.3. The van der Waals surface area contributed by atoms with Crippen LogP contribution in [0.5, 0.6) is 0 Å². The van der Waals surface area contributed by atoms with Gasteiger partial charge in [0.05, 0.1) is 17.6 Å². The van der Waals surface area contributed by atoms with Crippen LogP contribution in [0.15, 0.2) is 44.8 Å². The zero-order valence-electron chi connectivity index (χ0n) is 16.5. The Bertz CT molecular complexity index is 887. The number of aromatic nitrogens is 1. The summed E-state index contributed by atoms with van der Waals surface area (Å²) in [5.41, 5.74) is 0.914. The molecule has 1 aromatic carbocycles. The van der Waals surface area contributed by atoms with E-state index in [2.05, 4.69) is 41.4 Å². The zero-order valence-corrected chi connectivity index (χ0v) is 19.7. The number of primary sulfonamides is 1. The first-order valence-corrected chi connectivity index (χ1v) is 10.2. The molecule has 10 heteroatoms. The second-order valence-corrected chi connectivity index (χ2v) is 8.72. The maximum atomic E-state index is 11.3. The van der Waals surface area contributed by atoms with Gasteiger partial charge in [-0.1, -0.05) is 32.9 Å². The quantitative estimate of drug-likeness (QED) is 0.304. The third kappa shape index (κ3) is 7.40. The van der Waals surface area contributed by atoms with Crippen molar-refractivity contribution in [3.8, 4) is 0 Å². The number of rotatable bonds is 6. The molecular weight excluding hydrogens is 493 g/mol. The molecule has 0 saturated heterocycles. The minimum atomic E-state index is -3.66. The summed E-state index contributed by atoms with van der Waals surface area (Å²) in [6.45, 7) is 7.27. The molecule has 28 heavy (non-hydrogen) atoms. The van der Waals surface area contributed by atoms with Crippen LogP contribution in [-0.2, 0) is 28.4 Å². The maximum Gasteiger partial charge on any atom is 0.238 e. The second kappa shape index (κ2) is 10.2. The molecule has 0 aliphatic carbocycles. The van der Waals surface area contributed by atoms with E-state index in [4.69, 9.17) is 9.56 Å². The Morgan fingerprint density at radius 1 is 1.21 bits per heavy atom. The normalized spacial score (nSPS) is 12.4. The molecule has 0 aliphatic rings. The number of aliphatic imine (C=N–C) groups is 1. The summed E-state index contributed by atoms with van der Waals surface area (Å²) >= 11 is 0. The number of nitrogens with one attached hydrogen (secondary N) is 2. The number of sulfonamides is 1. The Hall–Kier alpha value is -1.66. The molecule has 0 unspecified atom stereocenters. The van der Waals surface area contributed by atoms with Crippen molar-refractivity contribution in [2.75, 3.05) is 13.6 Å². The van der Waals surface area contributed by atoms with E-state index in [9.17, 15) is 8.42 Å². The summed E-state index contributed by atoms with van der Waals surface area (Å²) in [5, 5.41) is 11.4. The van der Waals surface area contributed by atoms with Crippen LogP contribution in [0.2, 0.25) is 0 Å². The number of hydrogen-bond donors (Lipinski definition) is 3. The van der Waals surface area contributed by atoms with Gasteiger partial charge in [0, 0.05) is 19.0 Å². The lowest BCUT2D eigenvalue weighted by molar-refractivity contribution is 0.379. The highest BCUT2D eigenvalue weighted by molar-refractivity contribution is 14.0. The highest BCUT2D eigenvalue weighted by atomic mass is 127. The van der Waals surface area contributed by atoms with Crippen molar-refractivity contribution in [2.24, 2.45) is 10.1 Å². The Labute approximate surface area is 183 Å². The molecule has 4 N–H and O–H groups in total. The van der Waals surface area contributed by atoms with Crippen LogP contribution in [0, 0.1) is 0 Å². The number of nitrogens with two attached hydrogens (primary N) is 1. The van der Waals surface area contributed by atoms with Crippen molar-refractivity contribution < 1.29 is 12.8 Å². The van der Waals surface area contributed by atoms with Crippen molar-refractivity contribution in [1.29, 1.82) is 0 Å². The minimum absolute atomic E-state index is 0. The van der Waals surface area contributed by atoms with Gasteiger partial charge in [0.15, 0.2) is 5.96 Å². The van der Waals surface area contributed by atoms with Crippen molar-refractivity contribution in [3.63, 3.8) is 0 Å². The van der Waals surface area contributed by atoms with Crippen LogP contribution in [0.25, 0.3) is 0 Å². The van der Waals surface area contributed by atoms with Crippen LogP contribution >= 0.6 is 24.0 Å². The van der Waals surface area contributed by atoms with Crippen LogP contribution in [0.4, 0.5) is 0 Å². The van der Waals surface area contributed by atoms with Crippen LogP contribution in [-0.4, -0.2) is 33.0 Å². The molecule has 0 saturated carbocycles. The first kappa shape index (κ1) is 24.4. The molecule has 2 rings (SSSR count). The van der Waals surface area contributed by atoms with Gasteiger partial charge < -0.3 is 15.1 Å². The van der Waals surface area contributed by atoms with Gasteiger partial charge in [0.1, 0.15) is 5.76 Å². The molecule has 8 nitrogen and oxygen atoms in total. The van der Waals surface area contributed by atoms with Gasteiger partial charge in [-0.05, 0) is 24.1 Å². The van der Waals surface area contributed by atoms with Gasteiger partial charge in [-0.25, -0.2) is 18.5 Å². The van der Waals surface area contributed by atoms with Gasteiger partial charge in [0.25, 0.3) is 0 Å². The highest BCUT2D eigenvalue weighted by Crippen LogP contribution is 2.22. The smallest absolute Gasteiger partial charge is 0.238 e. The molecule has 0 aliphatic heterocycles. The van der Waals surface area contributed by atoms with Crippen LogP contribution in [0.3, 0.4) is 0 Å². The number of hydrogen-bond acceptors (Lipinski definition) is 5. The van der Waals surface area contributed by atoms with Crippen molar-refractivity contribution >= 4 is 40.0 Å². The highest BCUT2D eigenvalue weighted by Gasteiger charge is 2.19. The number of guanidine groups is 1. The van der Waals surface area contributed by atoms with E-state index in [1.54, 1.807) is 25.4 Å². The summed E-state index contributed by atoms with van der Waals surface area (Å²) in [7, 11) is -1.97. The molecule has 0 atom stereocenters. The average Bonchev–Trinajstić information content (AvgIpc) is 3.07. The van der Waals surface area contributed by atoms with Gasteiger partial charge in [0.2, 0.25) is 15.9 Å². The lowest BCUT2D eigenvalue weighted by Gasteiger charge is -2.13. The van der Waals surface area contributed by atoms with E-state index in [1.165, 1.54) is 12.1 Å². The molecule has 0 fully saturated rings. The average molecular weight is 521 g/mol. The molecule has 0 spiro atoms. The fourth-order valence-corrected chi connectivity index (χ4v) is 2.81. The van der Waals surface area contributed by atoms with E-state index < -0.39 is 10.0 Å². The standard InChI is InChI=1S/C18H27N5O3S.HI/c1-18(2,3)15-11-22-16(26-15)12-23-17(20-4)21-10-9-13-5-7-14(8-6-13)27(19,24)25;/h5-8,11H,9-10,12H2,1-4H3,(H2,19,24,25)(H2,20,21,23);1H. The third-order valence-corrected chi connectivity index (χ3v) is 4.81. The molecule has 0 amide bonds. The minimum Gasteiger partial charge on any atom is -0.443 e. The number of halogens is 1. The van der Waals surface area contributed by atoms with E-state index in [1.807, 2.05) is 0 Å². The Balaban J connectivity index is 0.00000392. The molecular formula is C18H28IN5O3S. The summed E-state index contributed by atoms with van der Waals surface area (Å²) in [4.78, 5) is 8.55. The van der Waals surface area contributed by atoms with E-state index in [0.29, 0.717) is 31.4 Å². The van der Waals surface area contributed by atoms with E-state index >= 15 is 0 Å². The van der Waals surface area contributed by atoms with Crippen molar-refractivity contribution in [3.05, 3.63) is 47.7 Å². The molecule has 2 aromatic rings. The van der Waals surface area contributed by atoms with Gasteiger partial charge >= 0.3 is 0 Å². The van der Waals surface area contributed by atoms with Crippen LogP contribution in [0.1, 0.15) is 38.0 Å². The SMILES string of the molecule is CN=C(NCCc1ccc(S(N)(=O)=O)cc1)NCc1ncc(C(C)(C)C)o1.I. The van der Waals surface area contributed by atoms with Gasteiger partial charge in [-0.15, -0.1) is 24.0 Å². The topological polar surface area (TPSA) is 123 Å². The largest absolute Gasteiger partial charge is 0.443 e. The second-order valence-electron chi connectivity index (χ2n) is 7.16. The fraction of sp³-hybridized carbons (Fsp3) is 0.444. The monoisotopic (exact) mass is 521 g/mol. The zero-order chi connectivity index (χ0) is 20.1. The number of nitrogens with zero attached hydrogens (tertiary/aromatic N) is 2. The third-order valence-electron chi connectivity index (χ3n) is 3.88. The molecule has 0 bridgehead atoms. The molecule has 1 heterocycles. The van der Waals surface area contributed by atoms with Crippen molar-refractivity contribution in [1.82, 2.24) is 15.6 Å². The molecule has 1 aromatic heterocycles. The first-order chi connectivity index (χ1) is 12.6. The predicted octanol–water partition coefficient (Wildman–Crippen LogP) is 2.15. The fourth-order valence-electron chi connectivity index (χ4n) is 2.29. The van der Waals surface area contributed by atoms with Crippen molar-refractivity contribution in [2.45, 2.75) is 44.0 Å². The summed E-state index contributed by atoms with van der Waals surface area (Å²) in [5.74, 6) is 2.07. The molecule has 156 valence electrons. The molecule has 0 radical (unpaired) electrons.